The van der Waals surface area contributed by atoms with Crippen LogP contribution in [0.4, 0.5) is 0 Å². The maximum atomic E-state index is 9.90. The Balaban J connectivity index is 2.12. The standard InChI is InChI=1S/C16H33NO5/c1-22-10-8-6-4-2-3-5-7-9-17-11-14(19)16(21)15(20)13(17)12-18/h13-16,18-21H,2-12H2,1H3/t13-,14+,15-,16-/m1/s1. The average Bonchev–Trinajstić information content (AvgIpc) is 2.51. The topological polar surface area (TPSA) is 93.4 Å². The van der Waals surface area contributed by atoms with Gasteiger partial charge in [0.15, 0.2) is 0 Å². The molecular weight excluding hydrogens is 286 g/mol. The van der Waals surface area contributed by atoms with E-state index < -0.39 is 24.4 Å². The minimum Gasteiger partial charge on any atom is -0.395 e. The number of rotatable bonds is 11. The van der Waals surface area contributed by atoms with Crippen molar-refractivity contribution in [2.45, 2.75) is 69.3 Å². The summed E-state index contributed by atoms with van der Waals surface area (Å²) in [5, 5.41) is 38.7. The molecule has 0 aromatic carbocycles. The van der Waals surface area contributed by atoms with E-state index >= 15 is 0 Å². The maximum absolute atomic E-state index is 9.90. The molecule has 22 heavy (non-hydrogen) atoms. The van der Waals surface area contributed by atoms with Crippen molar-refractivity contribution in [3.05, 3.63) is 0 Å². The second kappa shape index (κ2) is 11.3. The molecular formula is C16H33NO5. The molecule has 0 amide bonds. The number of aliphatic hydroxyl groups excluding tert-OH is 4. The number of β-amino-alcohol motifs (C(OH)–C–C–N with tert-alkyl or cyclic N) is 1. The van der Waals surface area contributed by atoms with Gasteiger partial charge in [-0.05, 0) is 19.4 Å². The lowest BCUT2D eigenvalue weighted by molar-refractivity contribution is -0.145. The van der Waals surface area contributed by atoms with Crippen LogP contribution in [0, 0.1) is 0 Å². The van der Waals surface area contributed by atoms with Crippen LogP contribution in [0.15, 0.2) is 0 Å². The minimum atomic E-state index is -1.17. The van der Waals surface area contributed by atoms with E-state index in [9.17, 15) is 20.4 Å². The monoisotopic (exact) mass is 319 g/mol. The Morgan fingerprint density at radius 2 is 1.50 bits per heavy atom. The van der Waals surface area contributed by atoms with Crippen LogP contribution in [-0.4, -0.2) is 83.1 Å². The van der Waals surface area contributed by atoms with Crippen LogP contribution in [-0.2, 0) is 4.74 Å². The van der Waals surface area contributed by atoms with E-state index in [1.54, 1.807) is 7.11 Å². The van der Waals surface area contributed by atoms with E-state index in [0.29, 0.717) is 6.54 Å². The number of piperidine rings is 1. The molecule has 6 heteroatoms. The van der Waals surface area contributed by atoms with Crippen molar-refractivity contribution in [3.63, 3.8) is 0 Å². The van der Waals surface area contributed by atoms with Crippen molar-refractivity contribution in [1.82, 2.24) is 4.90 Å². The highest BCUT2D eigenvalue weighted by Crippen LogP contribution is 2.19. The summed E-state index contributed by atoms with van der Waals surface area (Å²) in [6, 6.07) is -0.479. The molecule has 1 fully saturated rings. The van der Waals surface area contributed by atoms with Crippen molar-refractivity contribution in [3.8, 4) is 0 Å². The second-order valence-electron chi connectivity index (χ2n) is 6.26. The van der Waals surface area contributed by atoms with Gasteiger partial charge >= 0.3 is 0 Å². The van der Waals surface area contributed by atoms with E-state index in [2.05, 4.69) is 0 Å². The molecule has 0 aromatic rings. The molecule has 1 saturated heterocycles. The van der Waals surface area contributed by atoms with Crippen LogP contribution in [0.2, 0.25) is 0 Å². The first-order valence-electron chi connectivity index (χ1n) is 8.49. The van der Waals surface area contributed by atoms with Crippen LogP contribution >= 0.6 is 0 Å². The predicted molar refractivity (Wildman–Crippen MR) is 84.7 cm³/mol. The van der Waals surface area contributed by atoms with Gasteiger partial charge in [-0.15, -0.1) is 0 Å². The summed E-state index contributed by atoms with van der Waals surface area (Å²) >= 11 is 0. The molecule has 0 saturated carbocycles. The Morgan fingerprint density at radius 3 is 2.09 bits per heavy atom. The van der Waals surface area contributed by atoms with Gasteiger partial charge in [0.05, 0.1) is 18.8 Å². The van der Waals surface area contributed by atoms with Crippen LogP contribution in [0.25, 0.3) is 0 Å². The summed E-state index contributed by atoms with van der Waals surface area (Å²) in [6.07, 6.45) is 4.85. The molecule has 0 radical (unpaired) electrons. The molecule has 0 bridgehead atoms. The van der Waals surface area contributed by atoms with Crippen molar-refractivity contribution in [2.24, 2.45) is 0 Å². The molecule has 0 aromatic heterocycles. The maximum Gasteiger partial charge on any atom is 0.109 e. The Bertz CT molecular complexity index is 279. The zero-order valence-corrected chi connectivity index (χ0v) is 13.7. The lowest BCUT2D eigenvalue weighted by atomic mass is 9.94. The van der Waals surface area contributed by atoms with Crippen molar-refractivity contribution in [1.29, 1.82) is 0 Å². The molecule has 6 nitrogen and oxygen atoms in total. The Kier molecular flexibility index (Phi) is 10.2. The number of ether oxygens (including phenoxy) is 1. The Labute approximate surface area is 133 Å². The van der Waals surface area contributed by atoms with Gasteiger partial charge in [-0.1, -0.05) is 32.1 Å². The molecule has 132 valence electrons. The molecule has 0 unspecified atom stereocenters. The normalized spacial score (nSPS) is 29.9. The number of hydrogen-bond acceptors (Lipinski definition) is 6. The van der Waals surface area contributed by atoms with E-state index in [0.717, 1.165) is 32.4 Å². The largest absolute Gasteiger partial charge is 0.395 e. The fraction of sp³-hybridized carbons (Fsp3) is 1.00. The van der Waals surface area contributed by atoms with E-state index in [1.807, 2.05) is 4.90 Å². The van der Waals surface area contributed by atoms with Gasteiger partial charge in [0.25, 0.3) is 0 Å². The summed E-state index contributed by atoms with van der Waals surface area (Å²) in [7, 11) is 1.73. The van der Waals surface area contributed by atoms with Gasteiger partial charge in [-0.3, -0.25) is 4.90 Å². The molecule has 1 rings (SSSR count). The summed E-state index contributed by atoms with van der Waals surface area (Å²) in [4.78, 5) is 1.89. The summed E-state index contributed by atoms with van der Waals surface area (Å²) in [5.41, 5.74) is 0. The molecule has 0 spiro atoms. The first-order chi connectivity index (χ1) is 10.6. The molecule has 1 aliphatic rings. The lowest BCUT2D eigenvalue weighted by Crippen LogP contribution is -2.62. The van der Waals surface area contributed by atoms with Gasteiger partial charge in [-0.2, -0.15) is 0 Å². The SMILES string of the molecule is COCCCCCCCCCN1C[C@H](O)[C@@H](O)[C@H](O)[C@H]1CO. The molecule has 1 heterocycles. The zero-order valence-electron chi connectivity index (χ0n) is 13.7. The van der Waals surface area contributed by atoms with Crippen LogP contribution in [0.5, 0.6) is 0 Å². The first kappa shape index (κ1) is 19.8. The van der Waals surface area contributed by atoms with Gasteiger partial charge in [0.1, 0.15) is 12.2 Å². The van der Waals surface area contributed by atoms with Gasteiger partial charge < -0.3 is 25.2 Å². The highest BCUT2D eigenvalue weighted by atomic mass is 16.5. The van der Waals surface area contributed by atoms with Crippen LogP contribution in [0.1, 0.15) is 44.9 Å². The third-order valence-corrected chi connectivity index (χ3v) is 4.51. The van der Waals surface area contributed by atoms with Gasteiger partial charge in [0, 0.05) is 20.3 Å². The summed E-state index contributed by atoms with van der Waals surface area (Å²) < 4.78 is 5.02. The number of methoxy groups -OCH3 is 1. The van der Waals surface area contributed by atoms with Crippen molar-refractivity contribution >= 4 is 0 Å². The second-order valence-corrected chi connectivity index (χ2v) is 6.26. The number of hydrogen-bond donors (Lipinski definition) is 4. The van der Waals surface area contributed by atoms with E-state index in [1.165, 1.54) is 25.7 Å². The highest BCUT2D eigenvalue weighted by molar-refractivity contribution is 4.93. The number of likely N-dealkylation sites (tertiary alicyclic amines) is 1. The molecule has 0 aliphatic carbocycles. The Hall–Kier alpha value is -0.240. The van der Waals surface area contributed by atoms with Crippen molar-refractivity contribution < 1.29 is 25.2 Å². The van der Waals surface area contributed by atoms with Crippen LogP contribution in [0.3, 0.4) is 0 Å². The van der Waals surface area contributed by atoms with E-state index in [-0.39, 0.29) is 6.61 Å². The molecule has 4 N–H and O–H groups in total. The molecule has 1 aliphatic heterocycles. The van der Waals surface area contributed by atoms with Crippen molar-refractivity contribution in [2.75, 3.05) is 33.4 Å². The van der Waals surface area contributed by atoms with E-state index in [4.69, 9.17) is 4.74 Å². The zero-order chi connectivity index (χ0) is 16.4. The lowest BCUT2D eigenvalue weighted by Gasteiger charge is -2.43. The summed E-state index contributed by atoms with van der Waals surface area (Å²) in [6.45, 7) is 1.68. The quantitative estimate of drug-likeness (QED) is 0.404. The average molecular weight is 319 g/mol. The minimum absolute atomic E-state index is 0.204. The van der Waals surface area contributed by atoms with Gasteiger partial charge in [0.2, 0.25) is 0 Å². The number of unbranched alkanes of at least 4 members (excludes halogenated alkanes) is 6. The highest BCUT2D eigenvalue weighted by Gasteiger charge is 2.40. The predicted octanol–water partition coefficient (Wildman–Crippen LogP) is 0.123. The molecule has 4 atom stereocenters. The fourth-order valence-corrected chi connectivity index (χ4v) is 3.08. The van der Waals surface area contributed by atoms with Crippen LogP contribution < -0.4 is 0 Å². The number of nitrogens with zero attached hydrogens (tertiary/aromatic N) is 1. The number of aliphatic hydroxyl groups is 4. The third-order valence-electron chi connectivity index (χ3n) is 4.51. The fourth-order valence-electron chi connectivity index (χ4n) is 3.08. The first-order valence-corrected chi connectivity index (χ1v) is 8.49. The third kappa shape index (κ3) is 6.48. The Morgan fingerprint density at radius 1 is 0.909 bits per heavy atom. The summed E-state index contributed by atoms with van der Waals surface area (Å²) in [5.74, 6) is 0. The van der Waals surface area contributed by atoms with Gasteiger partial charge in [-0.25, -0.2) is 0 Å². The smallest absolute Gasteiger partial charge is 0.109 e.